The Kier molecular flexibility index (Phi) is 8.65. The number of rotatable bonds is 10. The van der Waals surface area contributed by atoms with Crippen molar-refractivity contribution in [1.29, 1.82) is 0 Å². The van der Waals surface area contributed by atoms with E-state index < -0.39 is 29.7 Å². The number of carbonyl (C=O) groups is 2. The number of hydrogen-bond donors (Lipinski definition) is 2. The number of amides is 1. The molecule has 1 amide bonds. The first-order chi connectivity index (χ1) is 19.2. The third kappa shape index (κ3) is 6.05. The monoisotopic (exact) mass is 545 g/mol. The minimum Gasteiger partial charge on any atom is -0.452 e. The van der Waals surface area contributed by atoms with Crippen molar-refractivity contribution in [2.24, 2.45) is 0 Å². The molecular weight excluding hydrogens is 514 g/mol. The number of H-pyrrole nitrogens is 1. The molecule has 0 aliphatic heterocycles. The van der Waals surface area contributed by atoms with Crippen molar-refractivity contribution >= 4 is 23.4 Å². The van der Waals surface area contributed by atoms with Crippen molar-refractivity contribution in [2.75, 3.05) is 37.5 Å². The van der Waals surface area contributed by atoms with E-state index in [9.17, 15) is 19.2 Å². The van der Waals surface area contributed by atoms with E-state index in [4.69, 9.17) is 15.2 Å². The predicted molar refractivity (Wildman–Crippen MR) is 151 cm³/mol. The molecule has 4 aromatic rings. The molecule has 2 aromatic carbocycles. The zero-order chi connectivity index (χ0) is 28.8. The standard InChI is InChI=1S/C29H31N5O6/c1-19-9-10-20(2)34(19)23-13-11-22(12-14-23)28(37)40-18-24(35)32(15-16-39-3)25-26(30)33(29(38)31-27(25)36)17-21-7-5-4-6-8-21/h4-14H,15-18,30H2,1-3H3,(H,31,36,38). The highest BCUT2D eigenvalue weighted by atomic mass is 16.5. The van der Waals surface area contributed by atoms with Gasteiger partial charge in [0.2, 0.25) is 0 Å². The van der Waals surface area contributed by atoms with E-state index in [0.717, 1.165) is 27.5 Å². The summed E-state index contributed by atoms with van der Waals surface area (Å²) >= 11 is 0. The number of methoxy groups -OCH3 is 1. The second-order valence-corrected chi connectivity index (χ2v) is 9.18. The number of benzene rings is 2. The number of ether oxygens (including phenoxy) is 2. The van der Waals surface area contributed by atoms with Gasteiger partial charge in [-0.05, 0) is 55.8 Å². The van der Waals surface area contributed by atoms with E-state index >= 15 is 0 Å². The predicted octanol–water partition coefficient (Wildman–Crippen LogP) is 2.41. The van der Waals surface area contributed by atoms with Crippen molar-refractivity contribution in [3.05, 3.63) is 110 Å². The molecule has 0 radical (unpaired) electrons. The lowest BCUT2D eigenvalue weighted by molar-refractivity contribution is -0.121. The molecule has 0 atom stereocenters. The summed E-state index contributed by atoms with van der Waals surface area (Å²) in [5, 5.41) is 0. The third-order valence-electron chi connectivity index (χ3n) is 6.45. The number of aromatic amines is 1. The van der Waals surface area contributed by atoms with Crippen LogP contribution in [0, 0.1) is 13.8 Å². The van der Waals surface area contributed by atoms with Gasteiger partial charge < -0.3 is 19.8 Å². The van der Waals surface area contributed by atoms with Gasteiger partial charge in [-0.15, -0.1) is 0 Å². The summed E-state index contributed by atoms with van der Waals surface area (Å²) in [5.41, 5.74) is 8.51. The fourth-order valence-electron chi connectivity index (χ4n) is 4.42. The Hall–Kier alpha value is -4.90. The number of anilines is 2. The van der Waals surface area contributed by atoms with Crippen molar-refractivity contribution in [1.82, 2.24) is 14.1 Å². The summed E-state index contributed by atoms with van der Waals surface area (Å²) in [6, 6.07) is 19.9. The maximum atomic E-state index is 13.2. The molecule has 11 heteroatoms. The van der Waals surface area contributed by atoms with Crippen LogP contribution in [0.2, 0.25) is 0 Å². The molecular formula is C29H31N5O6. The SMILES string of the molecule is COCCN(C(=O)COC(=O)c1ccc(-n2c(C)ccc2C)cc1)c1c(N)n(Cc2ccccc2)c(=O)[nH]c1=O. The molecule has 0 saturated heterocycles. The van der Waals surface area contributed by atoms with Gasteiger partial charge >= 0.3 is 11.7 Å². The largest absolute Gasteiger partial charge is 0.452 e. The topological polar surface area (TPSA) is 142 Å². The maximum Gasteiger partial charge on any atom is 0.338 e. The van der Waals surface area contributed by atoms with Crippen LogP contribution in [0.4, 0.5) is 11.5 Å². The van der Waals surface area contributed by atoms with Crippen LogP contribution >= 0.6 is 0 Å². The van der Waals surface area contributed by atoms with E-state index in [-0.39, 0.29) is 36.8 Å². The Morgan fingerprint density at radius 2 is 1.60 bits per heavy atom. The van der Waals surface area contributed by atoms with Crippen molar-refractivity contribution in [3.63, 3.8) is 0 Å². The summed E-state index contributed by atoms with van der Waals surface area (Å²) in [6.45, 7) is 3.40. The molecule has 0 bridgehead atoms. The van der Waals surface area contributed by atoms with Crippen LogP contribution in [0.15, 0.2) is 76.3 Å². The number of nitrogen functional groups attached to an aromatic ring is 1. The van der Waals surface area contributed by atoms with Crippen LogP contribution in [0.5, 0.6) is 0 Å². The van der Waals surface area contributed by atoms with Gasteiger partial charge in [0.1, 0.15) is 5.82 Å². The first kappa shape index (κ1) is 28.1. The average molecular weight is 546 g/mol. The molecule has 0 fully saturated rings. The Morgan fingerprint density at radius 1 is 0.950 bits per heavy atom. The lowest BCUT2D eigenvalue weighted by atomic mass is 10.2. The normalized spacial score (nSPS) is 10.9. The Bertz CT molecular complexity index is 1600. The summed E-state index contributed by atoms with van der Waals surface area (Å²) in [5.74, 6) is -1.61. The first-order valence-electron chi connectivity index (χ1n) is 12.6. The van der Waals surface area contributed by atoms with Crippen LogP contribution in [0.1, 0.15) is 27.3 Å². The van der Waals surface area contributed by atoms with Crippen LogP contribution in [-0.4, -0.2) is 52.9 Å². The second-order valence-electron chi connectivity index (χ2n) is 9.18. The van der Waals surface area contributed by atoms with Gasteiger partial charge in [-0.2, -0.15) is 0 Å². The Labute approximate surface area is 230 Å². The van der Waals surface area contributed by atoms with Crippen LogP contribution in [0.25, 0.3) is 5.69 Å². The number of aryl methyl sites for hydroxylation is 2. The van der Waals surface area contributed by atoms with Crippen molar-refractivity contribution in [3.8, 4) is 5.69 Å². The Morgan fingerprint density at radius 3 is 2.23 bits per heavy atom. The lowest BCUT2D eigenvalue weighted by Gasteiger charge is -2.24. The van der Waals surface area contributed by atoms with Crippen LogP contribution in [0.3, 0.4) is 0 Å². The van der Waals surface area contributed by atoms with E-state index in [2.05, 4.69) is 4.98 Å². The van der Waals surface area contributed by atoms with E-state index in [1.807, 2.05) is 48.7 Å². The van der Waals surface area contributed by atoms with Crippen molar-refractivity contribution in [2.45, 2.75) is 20.4 Å². The molecule has 0 aliphatic carbocycles. The molecule has 0 spiro atoms. The maximum absolute atomic E-state index is 13.2. The number of esters is 1. The van der Waals surface area contributed by atoms with Gasteiger partial charge in [0.25, 0.3) is 11.5 Å². The highest BCUT2D eigenvalue weighted by molar-refractivity contribution is 5.98. The van der Waals surface area contributed by atoms with E-state index in [0.29, 0.717) is 0 Å². The van der Waals surface area contributed by atoms with Gasteiger partial charge in [0, 0.05) is 30.7 Å². The molecule has 40 heavy (non-hydrogen) atoms. The number of carbonyl (C=O) groups excluding carboxylic acids is 2. The van der Waals surface area contributed by atoms with Crippen LogP contribution < -0.4 is 21.9 Å². The zero-order valence-electron chi connectivity index (χ0n) is 22.5. The molecule has 11 nitrogen and oxygen atoms in total. The summed E-state index contributed by atoms with van der Waals surface area (Å²) < 4.78 is 13.6. The highest BCUT2D eigenvalue weighted by Gasteiger charge is 2.25. The molecule has 4 rings (SSSR count). The summed E-state index contributed by atoms with van der Waals surface area (Å²) in [6.07, 6.45) is 0. The number of nitrogens with zero attached hydrogens (tertiary/aromatic N) is 3. The van der Waals surface area contributed by atoms with Gasteiger partial charge in [-0.3, -0.25) is 24.0 Å². The van der Waals surface area contributed by atoms with Gasteiger partial charge in [-0.25, -0.2) is 9.59 Å². The lowest BCUT2D eigenvalue weighted by Crippen LogP contribution is -2.44. The summed E-state index contributed by atoms with van der Waals surface area (Å²) in [7, 11) is 1.44. The number of nitrogens with two attached hydrogens (primary N) is 1. The molecule has 2 aromatic heterocycles. The van der Waals surface area contributed by atoms with Gasteiger partial charge in [0.05, 0.1) is 18.7 Å². The quantitative estimate of drug-likeness (QED) is 0.292. The molecule has 0 aliphatic rings. The Balaban J connectivity index is 1.54. The molecule has 208 valence electrons. The van der Waals surface area contributed by atoms with Crippen molar-refractivity contribution < 1.29 is 19.1 Å². The molecule has 2 heterocycles. The fourth-order valence-corrected chi connectivity index (χ4v) is 4.42. The minimum atomic E-state index is -0.839. The smallest absolute Gasteiger partial charge is 0.338 e. The number of nitrogens with one attached hydrogen (secondary N) is 1. The van der Waals surface area contributed by atoms with Gasteiger partial charge in [-0.1, -0.05) is 30.3 Å². The first-order valence-corrected chi connectivity index (χ1v) is 12.6. The van der Waals surface area contributed by atoms with E-state index in [1.165, 1.54) is 11.7 Å². The minimum absolute atomic E-state index is 0.0615. The number of aromatic nitrogens is 3. The molecule has 0 unspecified atom stereocenters. The number of hydrogen-bond acceptors (Lipinski definition) is 7. The van der Waals surface area contributed by atoms with Gasteiger partial charge in [0.15, 0.2) is 12.3 Å². The van der Waals surface area contributed by atoms with Crippen LogP contribution in [-0.2, 0) is 20.8 Å². The highest BCUT2D eigenvalue weighted by Crippen LogP contribution is 2.19. The summed E-state index contributed by atoms with van der Waals surface area (Å²) in [4.78, 5) is 54.6. The molecule has 3 N–H and O–H groups in total. The fraction of sp³-hybridized carbons (Fsp3) is 0.241. The van der Waals surface area contributed by atoms with E-state index in [1.54, 1.807) is 36.4 Å². The average Bonchev–Trinajstić information content (AvgIpc) is 3.29. The third-order valence-corrected chi connectivity index (χ3v) is 6.45. The zero-order valence-corrected chi connectivity index (χ0v) is 22.5. The molecule has 0 saturated carbocycles. The second kappa shape index (κ2) is 12.3.